The Balaban J connectivity index is 1.58. The topological polar surface area (TPSA) is 68.1 Å². The quantitative estimate of drug-likeness (QED) is 0.779. The number of aromatic nitrogens is 3. The fraction of sp³-hybridized carbons (Fsp3) is 0.316. The average Bonchev–Trinajstić information content (AvgIpc) is 2.64. The molecule has 4 rings (SSSR count). The van der Waals surface area contributed by atoms with Crippen LogP contribution >= 0.6 is 0 Å². The SMILES string of the molecule is Oc1cc2ncccc2cc1-c1ccc(O[C@@H]2CCCC[C@@H]2F)nn1. The van der Waals surface area contributed by atoms with Crippen LogP contribution in [-0.2, 0) is 0 Å². The summed E-state index contributed by atoms with van der Waals surface area (Å²) >= 11 is 0. The first-order chi connectivity index (χ1) is 12.2. The van der Waals surface area contributed by atoms with Gasteiger partial charge in [-0.3, -0.25) is 4.98 Å². The second-order valence-electron chi connectivity index (χ2n) is 6.28. The molecule has 1 fully saturated rings. The van der Waals surface area contributed by atoms with E-state index in [9.17, 15) is 9.50 Å². The molecule has 0 saturated heterocycles. The first-order valence-corrected chi connectivity index (χ1v) is 8.43. The fourth-order valence-corrected chi connectivity index (χ4v) is 3.18. The van der Waals surface area contributed by atoms with Crippen molar-refractivity contribution in [2.45, 2.75) is 38.0 Å². The maximum absolute atomic E-state index is 13.9. The van der Waals surface area contributed by atoms with E-state index in [4.69, 9.17) is 4.74 Å². The summed E-state index contributed by atoms with van der Waals surface area (Å²) in [7, 11) is 0. The molecule has 2 heterocycles. The molecule has 1 aromatic carbocycles. The van der Waals surface area contributed by atoms with Gasteiger partial charge in [-0.25, -0.2) is 4.39 Å². The minimum atomic E-state index is -0.952. The Hall–Kier alpha value is -2.76. The minimum absolute atomic E-state index is 0.0882. The number of pyridine rings is 1. The highest BCUT2D eigenvalue weighted by molar-refractivity contribution is 5.87. The number of ether oxygens (including phenoxy) is 1. The number of halogens is 1. The number of benzene rings is 1. The van der Waals surface area contributed by atoms with Gasteiger partial charge in [-0.15, -0.1) is 10.2 Å². The van der Waals surface area contributed by atoms with Gasteiger partial charge < -0.3 is 9.84 Å². The third-order valence-electron chi connectivity index (χ3n) is 4.53. The zero-order valence-electron chi connectivity index (χ0n) is 13.6. The van der Waals surface area contributed by atoms with Gasteiger partial charge in [-0.2, -0.15) is 0 Å². The predicted octanol–water partition coefficient (Wildman–Crippen LogP) is 4.06. The average molecular weight is 339 g/mol. The Bertz CT molecular complexity index is 885. The molecule has 1 saturated carbocycles. The van der Waals surface area contributed by atoms with Crippen molar-refractivity contribution in [3.8, 4) is 22.9 Å². The van der Waals surface area contributed by atoms with Gasteiger partial charge in [-0.05, 0) is 37.5 Å². The Morgan fingerprint density at radius 2 is 1.96 bits per heavy atom. The zero-order valence-corrected chi connectivity index (χ0v) is 13.6. The van der Waals surface area contributed by atoms with Crippen LogP contribution in [0.5, 0.6) is 11.6 Å². The number of aromatic hydroxyl groups is 1. The third kappa shape index (κ3) is 3.24. The first-order valence-electron chi connectivity index (χ1n) is 8.43. The van der Waals surface area contributed by atoms with Gasteiger partial charge in [0.15, 0.2) is 0 Å². The van der Waals surface area contributed by atoms with Gasteiger partial charge in [0.25, 0.3) is 0 Å². The van der Waals surface area contributed by atoms with E-state index in [0.29, 0.717) is 35.5 Å². The van der Waals surface area contributed by atoms with Crippen molar-refractivity contribution in [2.75, 3.05) is 0 Å². The molecule has 0 unspecified atom stereocenters. The number of rotatable bonds is 3. The van der Waals surface area contributed by atoms with Crippen LogP contribution in [0.15, 0.2) is 42.6 Å². The van der Waals surface area contributed by atoms with Gasteiger partial charge in [0, 0.05) is 29.3 Å². The van der Waals surface area contributed by atoms with Crippen LogP contribution in [0.2, 0.25) is 0 Å². The molecular formula is C19H18FN3O2. The van der Waals surface area contributed by atoms with Crippen LogP contribution < -0.4 is 4.74 Å². The fourth-order valence-electron chi connectivity index (χ4n) is 3.18. The van der Waals surface area contributed by atoms with E-state index in [2.05, 4.69) is 15.2 Å². The second kappa shape index (κ2) is 6.63. The molecule has 0 radical (unpaired) electrons. The minimum Gasteiger partial charge on any atom is -0.507 e. The highest BCUT2D eigenvalue weighted by atomic mass is 19.1. The molecule has 3 aromatic rings. The second-order valence-corrected chi connectivity index (χ2v) is 6.28. The summed E-state index contributed by atoms with van der Waals surface area (Å²) in [5.41, 5.74) is 1.81. The lowest BCUT2D eigenvalue weighted by Crippen LogP contribution is -2.32. The summed E-state index contributed by atoms with van der Waals surface area (Å²) in [6, 6.07) is 10.6. The van der Waals surface area contributed by atoms with Crippen LogP contribution in [0.25, 0.3) is 22.2 Å². The summed E-state index contributed by atoms with van der Waals surface area (Å²) in [6.45, 7) is 0. The Labute approximate surface area is 144 Å². The number of phenols is 1. The number of alkyl halides is 1. The van der Waals surface area contributed by atoms with Crippen LogP contribution in [0, 0.1) is 0 Å². The van der Waals surface area contributed by atoms with E-state index in [1.807, 2.05) is 18.2 Å². The van der Waals surface area contributed by atoms with E-state index < -0.39 is 12.3 Å². The molecule has 0 spiro atoms. The zero-order chi connectivity index (χ0) is 17.2. The maximum Gasteiger partial charge on any atom is 0.233 e. The van der Waals surface area contributed by atoms with Crippen molar-refractivity contribution < 1.29 is 14.2 Å². The van der Waals surface area contributed by atoms with Crippen molar-refractivity contribution in [3.05, 3.63) is 42.6 Å². The summed E-state index contributed by atoms with van der Waals surface area (Å²) in [5.74, 6) is 0.394. The van der Waals surface area contributed by atoms with Crippen LogP contribution in [0.4, 0.5) is 4.39 Å². The Morgan fingerprint density at radius 1 is 1.08 bits per heavy atom. The summed E-state index contributed by atoms with van der Waals surface area (Å²) in [6.07, 6.45) is 3.38. The maximum atomic E-state index is 13.9. The van der Waals surface area contributed by atoms with E-state index in [-0.39, 0.29) is 5.75 Å². The van der Waals surface area contributed by atoms with Crippen molar-refractivity contribution in [3.63, 3.8) is 0 Å². The molecule has 6 heteroatoms. The molecule has 1 N–H and O–H groups in total. The molecule has 25 heavy (non-hydrogen) atoms. The van der Waals surface area contributed by atoms with E-state index in [1.54, 1.807) is 24.4 Å². The standard InChI is InChI=1S/C19H18FN3O2/c20-14-5-1-2-6-18(14)25-19-8-7-15(22-23-19)13-10-12-4-3-9-21-16(12)11-17(13)24/h3-4,7-11,14,18,24H,1-2,5-6H2/t14-,18+/m0/s1. The van der Waals surface area contributed by atoms with Crippen molar-refractivity contribution in [2.24, 2.45) is 0 Å². The highest BCUT2D eigenvalue weighted by Gasteiger charge is 2.26. The number of nitrogens with zero attached hydrogens (tertiary/aromatic N) is 3. The van der Waals surface area contributed by atoms with Gasteiger partial charge in [-0.1, -0.05) is 12.5 Å². The highest BCUT2D eigenvalue weighted by Crippen LogP contribution is 2.32. The summed E-state index contributed by atoms with van der Waals surface area (Å²) in [5, 5.41) is 19.3. The first kappa shape index (κ1) is 15.7. The van der Waals surface area contributed by atoms with Crippen molar-refractivity contribution in [1.29, 1.82) is 0 Å². The number of hydrogen-bond donors (Lipinski definition) is 1. The van der Waals surface area contributed by atoms with Crippen LogP contribution in [0.1, 0.15) is 25.7 Å². The van der Waals surface area contributed by atoms with Crippen molar-refractivity contribution in [1.82, 2.24) is 15.2 Å². The van der Waals surface area contributed by atoms with Gasteiger partial charge >= 0.3 is 0 Å². The molecule has 1 aliphatic rings. The molecule has 0 amide bonds. The molecular weight excluding hydrogens is 321 g/mol. The molecule has 1 aliphatic carbocycles. The molecule has 2 aromatic heterocycles. The van der Waals surface area contributed by atoms with E-state index in [0.717, 1.165) is 18.2 Å². The normalized spacial score (nSPS) is 20.5. The number of phenolic OH excluding ortho intramolecular Hbond substituents is 1. The van der Waals surface area contributed by atoms with Crippen LogP contribution in [-0.4, -0.2) is 32.6 Å². The molecule has 128 valence electrons. The lowest BCUT2D eigenvalue weighted by molar-refractivity contribution is 0.0594. The molecule has 5 nitrogen and oxygen atoms in total. The van der Waals surface area contributed by atoms with Gasteiger partial charge in [0.05, 0.1) is 11.2 Å². The molecule has 2 atom stereocenters. The van der Waals surface area contributed by atoms with E-state index >= 15 is 0 Å². The van der Waals surface area contributed by atoms with Gasteiger partial charge in [0.2, 0.25) is 5.88 Å². The van der Waals surface area contributed by atoms with Crippen LogP contribution in [0.3, 0.4) is 0 Å². The monoisotopic (exact) mass is 339 g/mol. The number of hydrogen-bond acceptors (Lipinski definition) is 5. The third-order valence-corrected chi connectivity index (χ3v) is 4.53. The number of fused-ring (bicyclic) bond motifs is 1. The molecule has 0 bridgehead atoms. The smallest absolute Gasteiger partial charge is 0.233 e. The summed E-state index contributed by atoms with van der Waals surface area (Å²) in [4.78, 5) is 4.21. The Morgan fingerprint density at radius 3 is 2.76 bits per heavy atom. The molecule has 0 aliphatic heterocycles. The predicted molar refractivity (Wildman–Crippen MR) is 92.2 cm³/mol. The van der Waals surface area contributed by atoms with Crippen molar-refractivity contribution >= 4 is 10.9 Å². The largest absolute Gasteiger partial charge is 0.507 e. The van der Waals surface area contributed by atoms with E-state index in [1.165, 1.54) is 0 Å². The summed E-state index contributed by atoms with van der Waals surface area (Å²) < 4.78 is 19.5. The Kier molecular flexibility index (Phi) is 4.17. The lowest BCUT2D eigenvalue weighted by Gasteiger charge is -2.25. The lowest BCUT2D eigenvalue weighted by atomic mass is 9.96. The van der Waals surface area contributed by atoms with Gasteiger partial charge in [0.1, 0.15) is 18.0 Å².